The van der Waals surface area contributed by atoms with Crippen LogP contribution < -0.4 is 31.0 Å². The number of aliphatic carboxylic acids is 1. The van der Waals surface area contributed by atoms with Gasteiger partial charge in [-0.05, 0) is 31.4 Å². The lowest BCUT2D eigenvalue weighted by atomic mass is 9.84. The van der Waals surface area contributed by atoms with Crippen molar-refractivity contribution in [3.8, 4) is 5.75 Å². The third-order valence-electron chi connectivity index (χ3n) is 7.55. The standard InChI is InChI=1S/C27H32N8O10S2/c1-27(2)22(24(37)35(27)45-47(40,41)42)32-23(36)21(18-13-46-26(28)31-18)33-44-19(25(38)39)12-43-17-5-4-15-7-20(30-10-14-8-29-9-14)34(3)11-16(15)6-17/h4-7,11,13-14,19,22,29H,8-10,12H2,1-3H3,(H5,28,31,32,36,38,39,40,41,42)/p+1/b33-21-. The summed E-state index contributed by atoms with van der Waals surface area (Å²) in [7, 11) is -3.10. The molecule has 1 aromatic carbocycles. The van der Waals surface area contributed by atoms with Gasteiger partial charge in [0.1, 0.15) is 24.1 Å². The Labute approximate surface area is 272 Å². The molecule has 2 aliphatic heterocycles. The number of anilines is 2. The molecule has 0 bridgehead atoms. The monoisotopic (exact) mass is 693 g/mol. The zero-order valence-corrected chi connectivity index (χ0v) is 27.0. The van der Waals surface area contributed by atoms with Crippen LogP contribution in [0.2, 0.25) is 0 Å². The highest BCUT2D eigenvalue weighted by Gasteiger charge is 2.58. The number of thiazole rings is 1. The highest BCUT2D eigenvalue weighted by Crippen LogP contribution is 2.33. The van der Waals surface area contributed by atoms with E-state index in [1.807, 2.05) is 29.9 Å². The molecule has 2 aliphatic rings. The maximum Gasteiger partial charge on any atom is 0.418 e. The van der Waals surface area contributed by atoms with Crippen LogP contribution in [0.5, 0.6) is 5.75 Å². The Morgan fingerprint density at radius 1 is 1.30 bits per heavy atom. The second kappa shape index (κ2) is 13.2. The Bertz CT molecular complexity index is 1840. The Hall–Kier alpha value is -4.63. The molecule has 2 unspecified atom stereocenters. The number of oxime groups is 1. The molecule has 4 heterocycles. The van der Waals surface area contributed by atoms with Gasteiger partial charge in [0, 0.05) is 35.8 Å². The maximum absolute atomic E-state index is 13.2. The summed E-state index contributed by atoms with van der Waals surface area (Å²) in [4.78, 5) is 47.0. The van der Waals surface area contributed by atoms with E-state index in [2.05, 4.69) is 30.4 Å². The van der Waals surface area contributed by atoms with Crippen LogP contribution in [0.15, 0.2) is 41.0 Å². The lowest BCUT2D eigenvalue weighted by Crippen LogP contribution is -2.76. The Kier molecular flexibility index (Phi) is 9.50. The van der Waals surface area contributed by atoms with E-state index in [0.717, 1.165) is 47.6 Å². The van der Waals surface area contributed by atoms with Gasteiger partial charge in [-0.2, -0.15) is 13.5 Å². The topological polar surface area (TPSA) is 248 Å². The van der Waals surface area contributed by atoms with Gasteiger partial charge in [-0.15, -0.1) is 15.6 Å². The van der Waals surface area contributed by atoms with Gasteiger partial charge in [-0.1, -0.05) is 11.2 Å². The van der Waals surface area contributed by atoms with Gasteiger partial charge in [0.15, 0.2) is 10.8 Å². The molecular weight excluding hydrogens is 660 g/mol. The molecule has 47 heavy (non-hydrogen) atoms. The van der Waals surface area contributed by atoms with Gasteiger partial charge < -0.3 is 31.0 Å². The highest BCUT2D eigenvalue weighted by atomic mass is 32.3. The molecule has 20 heteroatoms. The number of benzene rings is 1. The zero-order valence-electron chi connectivity index (χ0n) is 25.4. The number of ether oxygens (including phenoxy) is 1. The van der Waals surface area contributed by atoms with Gasteiger partial charge in [0.2, 0.25) is 0 Å². The van der Waals surface area contributed by atoms with Crippen molar-refractivity contribution >= 4 is 67.0 Å². The molecule has 2 fully saturated rings. The first-order chi connectivity index (χ1) is 22.1. The van der Waals surface area contributed by atoms with Gasteiger partial charge in [0.05, 0.1) is 25.3 Å². The molecule has 2 saturated heterocycles. The highest BCUT2D eigenvalue weighted by molar-refractivity contribution is 7.80. The van der Waals surface area contributed by atoms with E-state index in [-0.39, 0.29) is 10.8 Å². The van der Waals surface area contributed by atoms with Crippen molar-refractivity contribution in [2.75, 3.05) is 37.3 Å². The number of rotatable bonds is 14. The number of hydroxylamine groups is 2. The molecule has 0 aliphatic carbocycles. The van der Waals surface area contributed by atoms with Crippen LogP contribution in [0.1, 0.15) is 19.5 Å². The first kappa shape index (κ1) is 33.7. The van der Waals surface area contributed by atoms with Crippen molar-refractivity contribution in [1.82, 2.24) is 20.7 Å². The summed E-state index contributed by atoms with van der Waals surface area (Å²) in [5.74, 6) is -1.54. The van der Waals surface area contributed by atoms with Crippen molar-refractivity contribution in [2.45, 2.75) is 31.5 Å². The first-order valence-corrected chi connectivity index (χ1v) is 16.4. The van der Waals surface area contributed by atoms with Crippen LogP contribution in [-0.4, -0.2) is 95.5 Å². The van der Waals surface area contributed by atoms with Crippen molar-refractivity contribution in [3.63, 3.8) is 0 Å². The van der Waals surface area contributed by atoms with Crippen LogP contribution in [-0.2, 0) is 41.0 Å². The third kappa shape index (κ3) is 7.68. The number of aromatic nitrogens is 2. The van der Waals surface area contributed by atoms with E-state index in [9.17, 15) is 27.9 Å². The number of fused-ring (bicyclic) bond motifs is 1. The van der Waals surface area contributed by atoms with E-state index in [4.69, 9.17) is 19.9 Å². The molecule has 0 spiro atoms. The van der Waals surface area contributed by atoms with Crippen molar-refractivity contribution in [3.05, 3.63) is 41.5 Å². The average Bonchev–Trinajstić information content (AvgIpc) is 3.40. The van der Waals surface area contributed by atoms with Crippen molar-refractivity contribution < 1.29 is 50.9 Å². The molecule has 0 saturated carbocycles. The smallest absolute Gasteiger partial charge is 0.418 e. The summed E-state index contributed by atoms with van der Waals surface area (Å²) in [5.41, 5.74) is 3.69. The first-order valence-electron chi connectivity index (χ1n) is 14.1. The Balaban J connectivity index is 1.27. The largest absolute Gasteiger partial charge is 0.489 e. The van der Waals surface area contributed by atoms with E-state index < -0.39 is 58.2 Å². The number of carbonyl (C=O) groups excluding carboxylic acids is 2. The number of β-lactam (4-membered cyclic amide) rings is 1. The van der Waals surface area contributed by atoms with E-state index in [1.54, 1.807) is 12.1 Å². The van der Waals surface area contributed by atoms with Gasteiger partial charge in [0.25, 0.3) is 23.7 Å². The summed E-state index contributed by atoms with van der Waals surface area (Å²) in [6.07, 6.45) is 0.250. The molecule has 2 aromatic heterocycles. The van der Waals surface area contributed by atoms with Gasteiger partial charge in [-0.25, -0.2) is 14.3 Å². The SMILES string of the molecule is C[n+]1cc2cc(OCC(O/N=C(\C(=O)NC3C(=O)N(OS(=O)(=O)O)C3(C)C)c3csc(N)n3)C(=O)O)ccc2cc1NCC1CNC1. The second-order valence-corrected chi connectivity index (χ2v) is 13.3. The van der Waals surface area contributed by atoms with E-state index >= 15 is 0 Å². The number of pyridine rings is 1. The summed E-state index contributed by atoms with van der Waals surface area (Å²) in [5, 5.41) is 26.2. The van der Waals surface area contributed by atoms with E-state index in [1.165, 1.54) is 19.2 Å². The molecule has 252 valence electrons. The molecule has 2 atom stereocenters. The van der Waals surface area contributed by atoms with Crippen LogP contribution in [0.25, 0.3) is 10.8 Å². The number of hydrogen-bond acceptors (Lipinski definition) is 14. The minimum absolute atomic E-state index is 0.0645. The zero-order chi connectivity index (χ0) is 34.1. The predicted molar refractivity (Wildman–Crippen MR) is 167 cm³/mol. The molecule has 5 rings (SSSR count). The number of carboxylic acids is 1. The van der Waals surface area contributed by atoms with Crippen LogP contribution >= 0.6 is 11.3 Å². The summed E-state index contributed by atoms with van der Waals surface area (Å²) < 4.78 is 43.1. The second-order valence-electron chi connectivity index (χ2n) is 11.4. The minimum Gasteiger partial charge on any atom is -0.489 e. The predicted octanol–water partition coefficient (Wildman–Crippen LogP) is -0.573. The number of hydrogen-bond donors (Lipinski definition) is 6. The van der Waals surface area contributed by atoms with Gasteiger partial charge >= 0.3 is 16.4 Å². The number of aryl methyl sites for hydroxylation is 1. The normalized spacial score (nSPS) is 18.6. The number of nitrogens with one attached hydrogen (secondary N) is 3. The Morgan fingerprint density at radius 3 is 2.64 bits per heavy atom. The molecule has 2 amide bonds. The fourth-order valence-electron chi connectivity index (χ4n) is 4.79. The number of carbonyl (C=O) groups is 3. The summed E-state index contributed by atoms with van der Waals surface area (Å²) >= 11 is 0.965. The third-order valence-corrected chi connectivity index (χ3v) is 8.56. The van der Waals surface area contributed by atoms with Crippen molar-refractivity contribution in [1.29, 1.82) is 0 Å². The fraction of sp³-hybridized carbons (Fsp3) is 0.407. The molecule has 18 nitrogen and oxygen atoms in total. The lowest BCUT2D eigenvalue weighted by Gasteiger charge is -2.50. The summed E-state index contributed by atoms with van der Waals surface area (Å²) in [6, 6.07) is 5.97. The van der Waals surface area contributed by atoms with Gasteiger partial charge in [-0.3, -0.25) is 19.5 Å². The maximum atomic E-state index is 13.2. The number of amides is 2. The lowest BCUT2D eigenvalue weighted by molar-refractivity contribution is -0.655. The Morgan fingerprint density at radius 2 is 2.04 bits per heavy atom. The number of carboxylic acid groups (broad SMARTS) is 1. The molecular formula is C27H33N8O10S2+. The summed E-state index contributed by atoms with van der Waals surface area (Å²) in [6.45, 7) is 5.08. The number of nitrogen functional groups attached to an aromatic ring is 1. The minimum atomic E-state index is -5.01. The fourth-order valence-corrected chi connectivity index (χ4v) is 5.79. The average molecular weight is 694 g/mol. The quantitative estimate of drug-likeness (QED) is 0.0407. The number of nitrogens with zero attached hydrogens (tertiary/aromatic N) is 4. The van der Waals surface area contributed by atoms with E-state index in [0.29, 0.717) is 16.7 Å². The number of nitrogens with two attached hydrogens (primary N) is 1. The van der Waals surface area contributed by atoms with Crippen LogP contribution in [0.4, 0.5) is 10.9 Å². The van der Waals surface area contributed by atoms with Crippen LogP contribution in [0, 0.1) is 5.92 Å². The molecule has 0 radical (unpaired) electrons. The van der Waals surface area contributed by atoms with Crippen LogP contribution in [0.3, 0.4) is 0 Å². The molecule has 3 aromatic rings. The van der Waals surface area contributed by atoms with Crippen molar-refractivity contribution in [2.24, 2.45) is 18.1 Å². The molecule has 7 N–H and O–H groups in total.